The molecule has 1 unspecified atom stereocenters. The summed E-state index contributed by atoms with van der Waals surface area (Å²) in [5.41, 5.74) is 0. The van der Waals surface area contributed by atoms with Crippen LogP contribution in [0.1, 0.15) is 110 Å². The van der Waals surface area contributed by atoms with E-state index in [1.807, 2.05) is 0 Å². The van der Waals surface area contributed by atoms with Gasteiger partial charge in [-0.05, 0) is 26.4 Å². The highest BCUT2D eigenvalue weighted by atomic mass is 16.3. The fraction of sp³-hybridized carbons (Fsp3) is 1.00. The Kier molecular flexibility index (Phi) is 18.2. The van der Waals surface area contributed by atoms with E-state index in [-0.39, 0.29) is 6.10 Å². The summed E-state index contributed by atoms with van der Waals surface area (Å²) in [5, 5.41) is 10.0. The number of hydrogen-bond donors (Lipinski definition) is 1. The first-order valence-electron chi connectivity index (χ1n) is 10.6. The van der Waals surface area contributed by atoms with E-state index in [1.165, 1.54) is 89.9 Å². The SMILES string of the molecule is CCCCCCCCCCCCN(C)CC(O)CCCCCC. The summed E-state index contributed by atoms with van der Waals surface area (Å²) in [6, 6.07) is 0. The van der Waals surface area contributed by atoms with Crippen molar-refractivity contribution in [2.24, 2.45) is 0 Å². The van der Waals surface area contributed by atoms with E-state index in [9.17, 15) is 5.11 Å². The van der Waals surface area contributed by atoms with Crippen LogP contribution in [0.5, 0.6) is 0 Å². The fourth-order valence-electron chi connectivity index (χ4n) is 3.22. The van der Waals surface area contributed by atoms with Crippen molar-refractivity contribution in [2.45, 2.75) is 116 Å². The average molecular weight is 328 g/mol. The molecule has 0 amide bonds. The summed E-state index contributed by atoms with van der Waals surface area (Å²) < 4.78 is 0. The highest BCUT2D eigenvalue weighted by Crippen LogP contribution is 2.11. The summed E-state index contributed by atoms with van der Waals surface area (Å²) in [6.07, 6.45) is 19.8. The third kappa shape index (κ3) is 18.1. The lowest BCUT2D eigenvalue weighted by atomic mass is 10.1. The molecule has 0 aliphatic heterocycles. The molecule has 140 valence electrons. The molecule has 0 spiro atoms. The summed E-state index contributed by atoms with van der Waals surface area (Å²) in [4.78, 5) is 2.31. The predicted octanol–water partition coefficient (Wildman–Crippen LogP) is 6.17. The van der Waals surface area contributed by atoms with E-state index < -0.39 is 0 Å². The number of hydrogen-bond acceptors (Lipinski definition) is 2. The van der Waals surface area contributed by atoms with Gasteiger partial charge in [-0.15, -0.1) is 0 Å². The maximum absolute atomic E-state index is 10.0. The molecule has 0 rings (SSSR count). The molecule has 0 aliphatic rings. The smallest absolute Gasteiger partial charge is 0.0667 e. The highest BCUT2D eigenvalue weighted by molar-refractivity contribution is 4.62. The van der Waals surface area contributed by atoms with Gasteiger partial charge in [0.15, 0.2) is 0 Å². The van der Waals surface area contributed by atoms with Crippen LogP contribution in [0.25, 0.3) is 0 Å². The van der Waals surface area contributed by atoms with Gasteiger partial charge in [-0.25, -0.2) is 0 Å². The molecule has 0 fully saturated rings. The zero-order chi connectivity index (χ0) is 17.2. The molecule has 0 aromatic heterocycles. The first kappa shape index (κ1) is 22.9. The molecule has 2 nitrogen and oxygen atoms in total. The van der Waals surface area contributed by atoms with Gasteiger partial charge in [0.05, 0.1) is 6.10 Å². The summed E-state index contributed by atoms with van der Waals surface area (Å²) in [5.74, 6) is 0. The minimum Gasteiger partial charge on any atom is -0.392 e. The maximum atomic E-state index is 10.0. The lowest BCUT2D eigenvalue weighted by Gasteiger charge is -2.20. The Labute approximate surface area is 147 Å². The lowest BCUT2D eigenvalue weighted by molar-refractivity contribution is 0.114. The molecule has 0 saturated heterocycles. The second kappa shape index (κ2) is 18.3. The van der Waals surface area contributed by atoms with Crippen LogP contribution < -0.4 is 0 Å². The van der Waals surface area contributed by atoms with E-state index in [0.717, 1.165) is 19.5 Å². The molecule has 0 radical (unpaired) electrons. The number of aliphatic hydroxyl groups is 1. The van der Waals surface area contributed by atoms with E-state index in [2.05, 4.69) is 25.8 Å². The predicted molar refractivity (Wildman–Crippen MR) is 104 cm³/mol. The molecule has 1 atom stereocenters. The Bertz CT molecular complexity index is 220. The molecular formula is C21H45NO. The quantitative estimate of drug-likeness (QED) is 0.304. The van der Waals surface area contributed by atoms with Crippen molar-refractivity contribution in [3.05, 3.63) is 0 Å². The van der Waals surface area contributed by atoms with Gasteiger partial charge in [0.1, 0.15) is 0 Å². The number of nitrogens with zero attached hydrogens (tertiary/aromatic N) is 1. The van der Waals surface area contributed by atoms with Crippen molar-refractivity contribution >= 4 is 0 Å². The molecule has 2 heteroatoms. The van der Waals surface area contributed by atoms with Gasteiger partial charge in [0, 0.05) is 6.54 Å². The third-order valence-corrected chi connectivity index (χ3v) is 4.81. The molecule has 0 saturated carbocycles. The van der Waals surface area contributed by atoms with Crippen molar-refractivity contribution in [3.63, 3.8) is 0 Å². The molecule has 0 heterocycles. The van der Waals surface area contributed by atoms with Crippen LogP contribution in [0.4, 0.5) is 0 Å². The zero-order valence-electron chi connectivity index (χ0n) is 16.5. The van der Waals surface area contributed by atoms with E-state index in [1.54, 1.807) is 0 Å². The van der Waals surface area contributed by atoms with Gasteiger partial charge >= 0.3 is 0 Å². The molecule has 0 aliphatic carbocycles. The van der Waals surface area contributed by atoms with Gasteiger partial charge < -0.3 is 10.0 Å². The van der Waals surface area contributed by atoms with E-state index in [0.29, 0.717) is 0 Å². The summed E-state index contributed by atoms with van der Waals surface area (Å²) in [6.45, 7) is 6.51. The maximum Gasteiger partial charge on any atom is 0.0667 e. The van der Waals surface area contributed by atoms with Crippen LogP contribution in [0, 0.1) is 0 Å². The fourth-order valence-corrected chi connectivity index (χ4v) is 3.22. The van der Waals surface area contributed by atoms with Crippen molar-refractivity contribution < 1.29 is 5.11 Å². The Morgan fingerprint density at radius 3 is 1.61 bits per heavy atom. The average Bonchev–Trinajstić information content (AvgIpc) is 2.53. The standard InChI is InChI=1S/C21H45NO/c1-4-6-8-10-11-12-13-14-15-17-19-22(3)20-21(23)18-16-9-7-5-2/h21,23H,4-20H2,1-3H3. The van der Waals surface area contributed by atoms with Crippen LogP contribution in [-0.4, -0.2) is 36.2 Å². The minimum absolute atomic E-state index is 0.125. The van der Waals surface area contributed by atoms with E-state index in [4.69, 9.17) is 0 Å². The second-order valence-corrected chi connectivity index (χ2v) is 7.45. The first-order valence-corrected chi connectivity index (χ1v) is 10.6. The summed E-state index contributed by atoms with van der Waals surface area (Å²) in [7, 11) is 2.16. The van der Waals surface area contributed by atoms with Crippen molar-refractivity contribution in [1.29, 1.82) is 0 Å². The number of rotatable bonds is 18. The van der Waals surface area contributed by atoms with Crippen LogP contribution in [0.3, 0.4) is 0 Å². The van der Waals surface area contributed by atoms with Crippen molar-refractivity contribution in [1.82, 2.24) is 4.90 Å². The van der Waals surface area contributed by atoms with Crippen LogP contribution in [-0.2, 0) is 0 Å². The van der Waals surface area contributed by atoms with E-state index >= 15 is 0 Å². The molecule has 0 aromatic carbocycles. The van der Waals surface area contributed by atoms with Gasteiger partial charge in [-0.2, -0.15) is 0 Å². The van der Waals surface area contributed by atoms with Gasteiger partial charge in [0.2, 0.25) is 0 Å². The lowest BCUT2D eigenvalue weighted by Crippen LogP contribution is -2.29. The van der Waals surface area contributed by atoms with Gasteiger partial charge in [0.25, 0.3) is 0 Å². The van der Waals surface area contributed by atoms with Crippen molar-refractivity contribution in [3.8, 4) is 0 Å². The molecular weight excluding hydrogens is 282 g/mol. The van der Waals surface area contributed by atoms with Crippen molar-refractivity contribution in [2.75, 3.05) is 20.1 Å². The number of likely N-dealkylation sites (N-methyl/N-ethyl adjacent to an activating group) is 1. The van der Waals surface area contributed by atoms with Gasteiger partial charge in [-0.1, -0.05) is 97.3 Å². The first-order chi connectivity index (χ1) is 11.2. The van der Waals surface area contributed by atoms with Crippen LogP contribution in [0.15, 0.2) is 0 Å². The zero-order valence-corrected chi connectivity index (χ0v) is 16.5. The van der Waals surface area contributed by atoms with Gasteiger partial charge in [-0.3, -0.25) is 0 Å². The molecule has 0 bridgehead atoms. The molecule has 23 heavy (non-hydrogen) atoms. The van der Waals surface area contributed by atoms with Crippen LogP contribution in [0.2, 0.25) is 0 Å². The Balaban J connectivity index is 3.27. The largest absolute Gasteiger partial charge is 0.392 e. The minimum atomic E-state index is -0.125. The number of aliphatic hydroxyl groups excluding tert-OH is 1. The summed E-state index contributed by atoms with van der Waals surface area (Å²) >= 11 is 0. The Morgan fingerprint density at radius 2 is 1.09 bits per heavy atom. The normalized spacial score (nSPS) is 12.9. The second-order valence-electron chi connectivity index (χ2n) is 7.45. The Morgan fingerprint density at radius 1 is 0.652 bits per heavy atom. The number of unbranched alkanes of at least 4 members (excludes halogenated alkanes) is 12. The molecule has 0 aromatic rings. The topological polar surface area (TPSA) is 23.5 Å². The van der Waals surface area contributed by atoms with Crippen LogP contribution >= 0.6 is 0 Å². The Hall–Kier alpha value is -0.0800. The monoisotopic (exact) mass is 327 g/mol. The molecule has 1 N–H and O–H groups in total. The third-order valence-electron chi connectivity index (χ3n) is 4.81. The highest BCUT2D eigenvalue weighted by Gasteiger charge is 2.07.